The summed E-state index contributed by atoms with van der Waals surface area (Å²) >= 11 is 0. The lowest BCUT2D eigenvalue weighted by Crippen LogP contribution is -2.26. The minimum Gasteiger partial charge on any atom is -0.372 e. The van der Waals surface area contributed by atoms with Gasteiger partial charge in [-0.1, -0.05) is 30.3 Å². The average molecular weight is 515 g/mol. The maximum Gasteiger partial charge on any atom is 0.240 e. The SMILES string of the molecule is O=C1Nc2ccc(S(=O)(=O)NCC3CC3)cc2C1C(=Nc1ccc(N2CCCC2)cc1)c1ccccc1. The lowest BCUT2D eigenvalue weighted by Gasteiger charge is -2.18. The fourth-order valence-corrected chi connectivity index (χ4v) is 6.22. The zero-order valence-electron chi connectivity index (χ0n) is 20.6. The molecule has 37 heavy (non-hydrogen) atoms. The van der Waals surface area contributed by atoms with E-state index < -0.39 is 15.9 Å². The second-order valence-electron chi connectivity index (χ2n) is 10.0. The fourth-order valence-electron chi connectivity index (χ4n) is 5.07. The largest absolute Gasteiger partial charge is 0.372 e. The molecule has 3 aromatic carbocycles. The van der Waals surface area contributed by atoms with Crippen molar-refractivity contribution in [2.45, 2.75) is 36.5 Å². The van der Waals surface area contributed by atoms with Gasteiger partial charge in [0.25, 0.3) is 0 Å². The molecule has 3 aromatic rings. The Kier molecular flexibility index (Phi) is 6.30. The summed E-state index contributed by atoms with van der Waals surface area (Å²) in [5, 5.41) is 2.93. The molecule has 1 atom stereocenters. The van der Waals surface area contributed by atoms with Gasteiger partial charge in [0.05, 0.1) is 16.3 Å². The van der Waals surface area contributed by atoms with Crippen molar-refractivity contribution in [1.29, 1.82) is 0 Å². The molecule has 2 heterocycles. The van der Waals surface area contributed by atoms with Crippen molar-refractivity contribution in [3.63, 3.8) is 0 Å². The van der Waals surface area contributed by atoms with Crippen LogP contribution >= 0.6 is 0 Å². The third kappa shape index (κ3) is 5.04. The minimum atomic E-state index is -3.67. The number of nitrogens with zero attached hydrogens (tertiary/aromatic N) is 2. The maximum atomic E-state index is 13.3. The fraction of sp³-hybridized carbons (Fsp3) is 0.310. The summed E-state index contributed by atoms with van der Waals surface area (Å²) in [7, 11) is -3.67. The molecule has 1 amide bonds. The number of carbonyl (C=O) groups excluding carboxylic acids is 1. The number of aliphatic imine (C=N–C) groups is 1. The van der Waals surface area contributed by atoms with Gasteiger partial charge in [0.1, 0.15) is 5.92 Å². The molecule has 7 nitrogen and oxygen atoms in total. The van der Waals surface area contributed by atoms with E-state index >= 15 is 0 Å². The summed E-state index contributed by atoms with van der Waals surface area (Å²) in [4.78, 5) is 20.8. The van der Waals surface area contributed by atoms with Crippen LogP contribution in [-0.4, -0.2) is 39.7 Å². The van der Waals surface area contributed by atoms with Crippen molar-refractivity contribution in [3.05, 3.63) is 83.9 Å². The molecule has 1 saturated carbocycles. The molecule has 1 saturated heterocycles. The molecule has 6 rings (SSSR count). The number of nitrogens with one attached hydrogen (secondary N) is 2. The van der Waals surface area contributed by atoms with Crippen LogP contribution in [0.4, 0.5) is 17.1 Å². The Morgan fingerprint density at radius 2 is 1.70 bits per heavy atom. The molecule has 1 unspecified atom stereocenters. The molecule has 0 spiro atoms. The van der Waals surface area contributed by atoms with Crippen LogP contribution in [0, 0.1) is 5.92 Å². The topological polar surface area (TPSA) is 90.9 Å². The predicted molar refractivity (Wildman–Crippen MR) is 146 cm³/mol. The highest BCUT2D eigenvalue weighted by atomic mass is 32.2. The van der Waals surface area contributed by atoms with Crippen molar-refractivity contribution in [2.24, 2.45) is 10.9 Å². The molecule has 1 aliphatic carbocycles. The van der Waals surface area contributed by atoms with Gasteiger partial charge in [-0.25, -0.2) is 13.1 Å². The van der Waals surface area contributed by atoms with Gasteiger partial charge in [0, 0.05) is 31.0 Å². The average Bonchev–Trinajstić information content (AvgIpc) is 3.47. The monoisotopic (exact) mass is 514 g/mol. The van der Waals surface area contributed by atoms with E-state index in [4.69, 9.17) is 4.99 Å². The van der Waals surface area contributed by atoms with Crippen molar-refractivity contribution in [3.8, 4) is 0 Å². The highest BCUT2D eigenvalue weighted by molar-refractivity contribution is 7.89. The van der Waals surface area contributed by atoms with Gasteiger partial charge in [-0.2, -0.15) is 0 Å². The van der Waals surface area contributed by atoms with Crippen LogP contribution in [0.3, 0.4) is 0 Å². The highest BCUT2D eigenvalue weighted by Crippen LogP contribution is 2.38. The second kappa shape index (κ2) is 9.76. The molecule has 3 aliphatic rings. The third-order valence-corrected chi connectivity index (χ3v) is 8.76. The smallest absolute Gasteiger partial charge is 0.240 e. The Hall–Kier alpha value is -3.49. The molecular weight excluding hydrogens is 484 g/mol. The van der Waals surface area contributed by atoms with Gasteiger partial charge < -0.3 is 10.2 Å². The summed E-state index contributed by atoms with van der Waals surface area (Å²) < 4.78 is 28.7. The van der Waals surface area contributed by atoms with Crippen LogP contribution in [0.5, 0.6) is 0 Å². The molecule has 0 aromatic heterocycles. The van der Waals surface area contributed by atoms with E-state index in [1.54, 1.807) is 18.2 Å². The van der Waals surface area contributed by atoms with E-state index in [0.29, 0.717) is 29.4 Å². The second-order valence-corrected chi connectivity index (χ2v) is 11.8. The van der Waals surface area contributed by atoms with Crippen LogP contribution in [0.15, 0.2) is 82.7 Å². The first kappa shape index (κ1) is 23.9. The van der Waals surface area contributed by atoms with Crippen LogP contribution in [0.2, 0.25) is 0 Å². The molecule has 190 valence electrons. The van der Waals surface area contributed by atoms with E-state index in [-0.39, 0.29) is 10.8 Å². The highest BCUT2D eigenvalue weighted by Gasteiger charge is 2.36. The van der Waals surface area contributed by atoms with Crippen molar-refractivity contribution in [1.82, 2.24) is 4.72 Å². The van der Waals surface area contributed by atoms with E-state index in [2.05, 4.69) is 27.1 Å². The van der Waals surface area contributed by atoms with E-state index in [1.807, 2.05) is 42.5 Å². The number of sulfonamides is 1. The van der Waals surface area contributed by atoms with E-state index in [0.717, 1.165) is 37.2 Å². The van der Waals surface area contributed by atoms with Gasteiger partial charge >= 0.3 is 0 Å². The first-order chi connectivity index (χ1) is 18.0. The lowest BCUT2D eigenvalue weighted by molar-refractivity contribution is -0.115. The molecule has 0 bridgehead atoms. The Balaban J connectivity index is 1.38. The van der Waals surface area contributed by atoms with Crippen LogP contribution in [-0.2, 0) is 14.8 Å². The summed E-state index contributed by atoms with van der Waals surface area (Å²) in [6.07, 6.45) is 4.54. The number of hydrogen-bond acceptors (Lipinski definition) is 5. The summed E-state index contributed by atoms with van der Waals surface area (Å²) in [5.41, 5.74) is 4.57. The number of fused-ring (bicyclic) bond motifs is 1. The maximum absolute atomic E-state index is 13.3. The zero-order valence-corrected chi connectivity index (χ0v) is 21.4. The number of anilines is 2. The molecule has 0 radical (unpaired) electrons. The standard InChI is InChI=1S/C29H30N4O3S/c34-29-27(25-18-24(14-15-26(25)32-29)37(35,36)30-19-20-8-9-20)28(21-6-2-1-3-7-21)31-22-10-12-23(13-11-22)33-16-4-5-17-33/h1-3,6-7,10-15,18,20,27,30H,4-5,8-9,16-17,19H2,(H,32,34). The van der Waals surface area contributed by atoms with Gasteiger partial charge in [0.2, 0.25) is 15.9 Å². The molecule has 2 N–H and O–H groups in total. The van der Waals surface area contributed by atoms with Crippen molar-refractivity contribution in [2.75, 3.05) is 29.9 Å². The van der Waals surface area contributed by atoms with Gasteiger partial charge in [0.15, 0.2) is 0 Å². The first-order valence-corrected chi connectivity index (χ1v) is 14.4. The van der Waals surface area contributed by atoms with Gasteiger partial charge in [-0.05, 0) is 85.2 Å². The van der Waals surface area contributed by atoms with Crippen LogP contribution < -0.4 is 14.9 Å². The normalized spacial score (nSPS) is 19.7. The van der Waals surface area contributed by atoms with Gasteiger partial charge in [-0.15, -0.1) is 0 Å². The van der Waals surface area contributed by atoms with Crippen molar-refractivity contribution >= 4 is 38.7 Å². The Labute approximate surface area is 217 Å². The summed E-state index contributed by atoms with van der Waals surface area (Å²) in [5.74, 6) is -0.519. The number of carbonyl (C=O) groups is 1. The third-order valence-electron chi connectivity index (χ3n) is 7.34. The van der Waals surface area contributed by atoms with Crippen molar-refractivity contribution < 1.29 is 13.2 Å². The number of benzene rings is 3. The first-order valence-electron chi connectivity index (χ1n) is 12.9. The molecule has 2 aliphatic heterocycles. The predicted octanol–water partition coefficient (Wildman–Crippen LogP) is 4.83. The quantitative estimate of drug-likeness (QED) is 0.421. The minimum absolute atomic E-state index is 0.163. The van der Waals surface area contributed by atoms with Crippen LogP contribution in [0.1, 0.15) is 42.7 Å². The van der Waals surface area contributed by atoms with Gasteiger partial charge in [-0.3, -0.25) is 9.79 Å². The molecule has 8 heteroatoms. The van der Waals surface area contributed by atoms with Crippen LogP contribution in [0.25, 0.3) is 0 Å². The molecule has 2 fully saturated rings. The Bertz CT molecular complexity index is 1440. The Morgan fingerprint density at radius 3 is 2.41 bits per heavy atom. The number of hydrogen-bond donors (Lipinski definition) is 2. The number of rotatable bonds is 8. The molecular formula is C29H30N4O3S. The summed E-state index contributed by atoms with van der Waals surface area (Å²) in [6, 6.07) is 22.6. The summed E-state index contributed by atoms with van der Waals surface area (Å²) in [6.45, 7) is 2.58. The lowest BCUT2D eigenvalue weighted by atomic mass is 9.90. The Morgan fingerprint density at radius 1 is 0.973 bits per heavy atom. The number of amides is 1. The van der Waals surface area contributed by atoms with E-state index in [1.165, 1.54) is 18.5 Å². The zero-order chi connectivity index (χ0) is 25.4. The van der Waals surface area contributed by atoms with E-state index in [9.17, 15) is 13.2 Å².